The van der Waals surface area contributed by atoms with Crippen LogP contribution in [-0.2, 0) is 0 Å². The van der Waals surface area contributed by atoms with E-state index in [-0.39, 0.29) is 6.04 Å². The van der Waals surface area contributed by atoms with Crippen LogP contribution in [-0.4, -0.2) is 65.2 Å². The van der Waals surface area contributed by atoms with Gasteiger partial charge < -0.3 is 15.7 Å². The quantitative estimate of drug-likeness (QED) is 0.544. The standard InChI is InChI=1S/C12H26N4O/c1-10(2)14-11(13)16-7-5-15(6-8-16)9-12(3,4)17/h10,17H,5-9H2,1-4H3,(H2,13,14). The molecule has 0 saturated carbocycles. The Hall–Kier alpha value is -0.810. The van der Waals surface area contributed by atoms with Crippen LogP contribution in [0.1, 0.15) is 27.7 Å². The van der Waals surface area contributed by atoms with Gasteiger partial charge in [0.05, 0.1) is 5.60 Å². The lowest BCUT2D eigenvalue weighted by Crippen LogP contribution is -2.53. The molecule has 3 N–H and O–H groups in total. The van der Waals surface area contributed by atoms with E-state index in [0.29, 0.717) is 12.5 Å². The maximum atomic E-state index is 9.76. The van der Waals surface area contributed by atoms with E-state index in [1.165, 1.54) is 0 Å². The molecule has 0 atom stereocenters. The first-order valence-corrected chi connectivity index (χ1v) is 6.31. The summed E-state index contributed by atoms with van der Waals surface area (Å²) in [6, 6.07) is 0.240. The van der Waals surface area contributed by atoms with E-state index in [9.17, 15) is 5.11 Å². The molecular formula is C12H26N4O. The van der Waals surface area contributed by atoms with Crippen LogP contribution in [0.4, 0.5) is 0 Å². The summed E-state index contributed by atoms with van der Waals surface area (Å²) in [5.74, 6) is 0.642. The lowest BCUT2D eigenvalue weighted by Gasteiger charge is -2.37. The number of rotatable bonds is 3. The third-order valence-electron chi connectivity index (χ3n) is 2.70. The number of hydrogen-bond acceptors (Lipinski definition) is 3. The number of aliphatic hydroxyl groups is 1. The Labute approximate surface area is 104 Å². The van der Waals surface area contributed by atoms with Gasteiger partial charge in [-0.05, 0) is 27.7 Å². The van der Waals surface area contributed by atoms with Crippen molar-refractivity contribution in [3.8, 4) is 0 Å². The van der Waals surface area contributed by atoms with Crippen LogP contribution in [0.5, 0.6) is 0 Å². The monoisotopic (exact) mass is 242 g/mol. The minimum atomic E-state index is -0.625. The Kier molecular flexibility index (Phi) is 4.77. The second-order valence-electron chi connectivity index (χ2n) is 5.66. The summed E-state index contributed by atoms with van der Waals surface area (Å²) < 4.78 is 0. The van der Waals surface area contributed by atoms with Gasteiger partial charge in [0.2, 0.25) is 0 Å². The van der Waals surface area contributed by atoms with Crippen molar-refractivity contribution in [2.75, 3.05) is 32.7 Å². The van der Waals surface area contributed by atoms with Crippen LogP contribution in [0.3, 0.4) is 0 Å². The molecule has 5 nitrogen and oxygen atoms in total. The molecule has 0 aromatic heterocycles. The molecular weight excluding hydrogens is 216 g/mol. The highest BCUT2D eigenvalue weighted by molar-refractivity contribution is 5.78. The van der Waals surface area contributed by atoms with E-state index < -0.39 is 5.60 Å². The van der Waals surface area contributed by atoms with Gasteiger partial charge in [-0.3, -0.25) is 9.89 Å². The summed E-state index contributed by atoms with van der Waals surface area (Å²) in [4.78, 5) is 8.73. The minimum absolute atomic E-state index is 0.240. The van der Waals surface area contributed by atoms with Gasteiger partial charge in [0.25, 0.3) is 0 Å². The average Bonchev–Trinajstić information content (AvgIpc) is 2.15. The van der Waals surface area contributed by atoms with Crippen LogP contribution < -0.4 is 5.73 Å². The molecule has 0 spiro atoms. The summed E-state index contributed by atoms with van der Waals surface area (Å²) in [6.45, 7) is 12.1. The molecule has 0 aromatic rings. The summed E-state index contributed by atoms with van der Waals surface area (Å²) in [5.41, 5.74) is 5.30. The van der Waals surface area contributed by atoms with E-state index in [1.807, 2.05) is 27.7 Å². The van der Waals surface area contributed by atoms with Gasteiger partial charge in [0, 0.05) is 38.8 Å². The summed E-state index contributed by atoms with van der Waals surface area (Å²) in [5, 5.41) is 9.76. The fourth-order valence-corrected chi connectivity index (χ4v) is 2.03. The number of nitrogens with zero attached hydrogens (tertiary/aromatic N) is 3. The van der Waals surface area contributed by atoms with Crippen LogP contribution in [0.15, 0.2) is 4.99 Å². The zero-order chi connectivity index (χ0) is 13.1. The normalized spacial score (nSPS) is 20.1. The molecule has 0 aromatic carbocycles. The van der Waals surface area contributed by atoms with E-state index in [2.05, 4.69) is 14.8 Å². The molecule has 1 saturated heterocycles. The van der Waals surface area contributed by atoms with Gasteiger partial charge in [-0.15, -0.1) is 0 Å². The number of piperazine rings is 1. The van der Waals surface area contributed by atoms with E-state index in [1.54, 1.807) is 0 Å². The fraction of sp³-hybridized carbons (Fsp3) is 0.917. The molecule has 0 bridgehead atoms. The topological polar surface area (TPSA) is 65.1 Å². The van der Waals surface area contributed by atoms with Crippen LogP contribution in [0.25, 0.3) is 0 Å². The van der Waals surface area contributed by atoms with Gasteiger partial charge in [-0.1, -0.05) is 0 Å². The van der Waals surface area contributed by atoms with E-state index in [0.717, 1.165) is 26.2 Å². The molecule has 0 aliphatic carbocycles. The van der Waals surface area contributed by atoms with Gasteiger partial charge in [-0.25, -0.2) is 0 Å². The number of guanidine groups is 1. The third kappa shape index (κ3) is 5.37. The summed E-state index contributed by atoms with van der Waals surface area (Å²) >= 11 is 0. The minimum Gasteiger partial charge on any atom is -0.389 e. The highest BCUT2D eigenvalue weighted by Gasteiger charge is 2.23. The van der Waals surface area contributed by atoms with E-state index in [4.69, 9.17) is 5.73 Å². The predicted molar refractivity (Wildman–Crippen MR) is 71.1 cm³/mol. The van der Waals surface area contributed by atoms with Crippen molar-refractivity contribution in [2.45, 2.75) is 39.3 Å². The molecule has 17 heavy (non-hydrogen) atoms. The van der Waals surface area contributed by atoms with Crippen LogP contribution >= 0.6 is 0 Å². The molecule has 1 rings (SSSR count). The highest BCUT2D eigenvalue weighted by Crippen LogP contribution is 2.08. The van der Waals surface area contributed by atoms with Gasteiger partial charge in [-0.2, -0.15) is 0 Å². The van der Waals surface area contributed by atoms with Crippen molar-refractivity contribution in [1.29, 1.82) is 0 Å². The third-order valence-corrected chi connectivity index (χ3v) is 2.70. The van der Waals surface area contributed by atoms with Crippen molar-refractivity contribution in [2.24, 2.45) is 10.7 Å². The van der Waals surface area contributed by atoms with Crippen molar-refractivity contribution in [3.63, 3.8) is 0 Å². The summed E-state index contributed by atoms with van der Waals surface area (Å²) in [6.07, 6.45) is 0. The van der Waals surface area contributed by atoms with Crippen molar-refractivity contribution >= 4 is 5.96 Å². The maximum Gasteiger partial charge on any atom is 0.191 e. The fourth-order valence-electron chi connectivity index (χ4n) is 2.03. The van der Waals surface area contributed by atoms with Gasteiger partial charge in [0.1, 0.15) is 0 Å². The Morgan fingerprint density at radius 2 is 1.82 bits per heavy atom. The predicted octanol–water partition coefficient (Wildman–Crippen LogP) is 0.0980. The first-order chi connectivity index (χ1) is 7.78. The second-order valence-corrected chi connectivity index (χ2v) is 5.66. The molecule has 100 valence electrons. The molecule has 1 aliphatic heterocycles. The Bertz CT molecular complexity index is 262. The largest absolute Gasteiger partial charge is 0.389 e. The van der Waals surface area contributed by atoms with Crippen LogP contribution in [0, 0.1) is 0 Å². The Morgan fingerprint density at radius 1 is 1.29 bits per heavy atom. The average molecular weight is 242 g/mol. The summed E-state index contributed by atoms with van der Waals surface area (Å²) in [7, 11) is 0. The van der Waals surface area contributed by atoms with Crippen molar-refractivity contribution < 1.29 is 5.11 Å². The molecule has 1 heterocycles. The lowest BCUT2D eigenvalue weighted by atomic mass is 10.1. The van der Waals surface area contributed by atoms with Crippen molar-refractivity contribution in [1.82, 2.24) is 9.80 Å². The second kappa shape index (κ2) is 5.69. The van der Waals surface area contributed by atoms with Gasteiger partial charge in [0.15, 0.2) is 5.96 Å². The first-order valence-electron chi connectivity index (χ1n) is 6.31. The molecule has 0 amide bonds. The zero-order valence-electron chi connectivity index (χ0n) is 11.5. The van der Waals surface area contributed by atoms with Crippen molar-refractivity contribution in [3.05, 3.63) is 0 Å². The molecule has 1 aliphatic rings. The Morgan fingerprint density at radius 3 is 2.24 bits per heavy atom. The molecule has 0 radical (unpaired) electrons. The van der Waals surface area contributed by atoms with Crippen LogP contribution in [0.2, 0.25) is 0 Å². The smallest absolute Gasteiger partial charge is 0.191 e. The SMILES string of the molecule is CC(C)N=C(N)N1CCN(CC(C)(C)O)CC1. The Balaban J connectivity index is 2.41. The maximum absolute atomic E-state index is 9.76. The first kappa shape index (κ1) is 14.3. The van der Waals surface area contributed by atoms with E-state index >= 15 is 0 Å². The molecule has 0 unspecified atom stereocenters. The number of hydrogen-bond donors (Lipinski definition) is 2. The highest BCUT2D eigenvalue weighted by atomic mass is 16.3. The number of aliphatic imine (C=N–C) groups is 1. The number of nitrogens with two attached hydrogens (primary N) is 1. The lowest BCUT2D eigenvalue weighted by molar-refractivity contribution is 0.0250. The molecule has 5 heteroatoms. The van der Waals surface area contributed by atoms with Gasteiger partial charge >= 0.3 is 0 Å². The molecule has 1 fully saturated rings. The number of β-amino-alcohol motifs (C(OH)–C–C–N with tert-alkyl or cyclic N) is 1. The zero-order valence-corrected chi connectivity index (χ0v) is 11.5.